The van der Waals surface area contributed by atoms with E-state index in [1.807, 2.05) is 19.9 Å². The fourth-order valence-corrected chi connectivity index (χ4v) is 2.20. The van der Waals surface area contributed by atoms with E-state index in [-0.39, 0.29) is 18.9 Å². The average Bonchev–Trinajstić information content (AvgIpc) is 2.59. The van der Waals surface area contributed by atoms with Gasteiger partial charge in [0.15, 0.2) is 6.61 Å². The van der Waals surface area contributed by atoms with Crippen molar-refractivity contribution < 1.29 is 19.1 Å². The van der Waals surface area contributed by atoms with Gasteiger partial charge < -0.3 is 15.4 Å². The number of benzene rings is 1. The van der Waals surface area contributed by atoms with Gasteiger partial charge in [0.2, 0.25) is 0 Å². The normalized spacial score (nSPS) is 11.3. The molecule has 0 unspecified atom stereocenters. The highest BCUT2D eigenvalue weighted by atomic mass is 35.5. The maximum absolute atomic E-state index is 12.3. The van der Waals surface area contributed by atoms with Crippen molar-refractivity contribution in [3.63, 3.8) is 0 Å². The van der Waals surface area contributed by atoms with Crippen molar-refractivity contribution in [2.24, 2.45) is 5.92 Å². The number of nitriles is 1. The van der Waals surface area contributed by atoms with Gasteiger partial charge in [-0.15, -0.1) is 0 Å². The molecule has 0 saturated heterocycles. The molecule has 0 aliphatic rings. The number of hydrogen-bond acceptors (Lipinski definition) is 5. The molecule has 1 rings (SSSR count). The van der Waals surface area contributed by atoms with Crippen molar-refractivity contribution >= 4 is 29.4 Å². The Balaban J connectivity index is 2.63. The summed E-state index contributed by atoms with van der Waals surface area (Å²) in [4.78, 5) is 36.1. The predicted molar refractivity (Wildman–Crippen MR) is 96.4 cm³/mol. The van der Waals surface area contributed by atoms with E-state index in [1.54, 1.807) is 24.3 Å². The molecule has 140 valence electrons. The van der Waals surface area contributed by atoms with Crippen LogP contribution in [-0.2, 0) is 14.3 Å². The van der Waals surface area contributed by atoms with E-state index in [4.69, 9.17) is 21.6 Å². The number of halogens is 1. The highest BCUT2D eigenvalue weighted by Crippen LogP contribution is 2.11. The zero-order valence-corrected chi connectivity index (χ0v) is 15.5. The number of ether oxygens (including phenoxy) is 1. The summed E-state index contributed by atoms with van der Waals surface area (Å²) in [7, 11) is 0. The summed E-state index contributed by atoms with van der Waals surface area (Å²) in [6, 6.07) is 7.29. The summed E-state index contributed by atoms with van der Waals surface area (Å²) in [6.07, 6.45) is 0.543. The zero-order chi connectivity index (χ0) is 19.5. The smallest absolute Gasteiger partial charge is 0.329 e. The van der Waals surface area contributed by atoms with E-state index < -0.39 is 30.4 Å². The Morgan fingerprint density at radius 3 is 2.46 bits per heavy atom. The van der Waals surface area contributed by atoms with Crippen LogP contribution in [-0.4, -0.2) is 37.0 Å². The first kappa shape index (κ1) is 21.5. The molecule has 7 nitrogen and oxygen atoms in total. The van der Waals surface area contributed by atoms with Gasteiger partial charge in [-0.1, -0.05) is 25.4 Å². The summed E-state index contributed by atoms with van der Waals surface area (Å²) >= 11 is 5.80. The molecular formula is C18H22ClN3O4. The number of carbonyl (C=O) groups is 3. The second kappa shape index (κ2) is 11.1. The Morgan fingerprint density at radius 1 is 1.23 bits per heavy atom. The molecule has 0 fully saturated rings. The zero-order valence-electron chi connectivity index (χ0n) is 14.8. The summed E-state index contributed by atoms with van der Waals surface area (Å²) in [5.41, 5.74) is 0.366. The molecule has 0 heterocycles. The molecule has 0 bridgehead atoms. The second-order valence-corrected chi connectivity index (χ2v) is 6.46. The highest BCUT2D eigenvalue weighted by Gasteiger charge is 2.24. The lowest BCUT2D eigenvalue weighted by atomic mass is 10.0. The van der Waals surface area contributed by atoms with Gasteiger partial charge in [-0.05, 0) is 36.6 Å². The van der Waals surface area contributed by atoms with Gasteiger partial charge in [0.05, 0.1) is 12.5 Å². The topological polar surface area (TPSA) is 108 Å². The van der Waals surface area contributed by atoms with Crippen LogP contribution in [0.1, 0.15) is 37.0 Å². The number of hydrogen-bond donors (Lipinski definition) is 2. The van der Waals surface area contributed by atoms with E-state index in [2.05, 4.69) is 10.6 Å². The third-order valence-electron chi connectivity index (χ3n) is 3.31. The molecule has 1 atom stereocenters. The van der Waals surface area contributed by atoms with Gasteiger partial charge in [0.1, 0.15) is 6.04 Å². The Bertz CT molecular complexity index is 668. The van der Waals surface area contributed by atoms with Crippen molar-refractivity contribution in [3.05, 3.63) is 34.9 Å². The van der Waals surface area contributed by atoms with Crippen LogP contribution >= 0.6 is 11.6 Å². The molecule has 0 spiro atoms. The van der Waals surface area contributed by atoms with Gasteiger partial charge in [-0.2, -0.15) is 5.26 Å². The second-order valence-electron chi connectivity index (χ2n) is 6.03. The lowest BCUT2D eigenvalue weighted by Gasteiger charge is -2.19. The van der Waals surface area contributed by atoms with E-state index >= 15 is 0 Å². The SMILES string of the molecule is CC(C)C[C@@H](NC(=O)c1ccc(Cl)cc1)C(=O)OCC(=O)NCCC#N. The summed E-state index contributed by atoms with van der Waals surface area (Å²) in [5, 5.41) is 14.0. The molecule has 2 amide bonds. The molecule has 2 N–H and O–H groups in total. The molecule has 26 heavy (non-hydrogen) atoms. The highest BCUT2D eigenvalue weighted by molar-refractivity contribution is 6.30. The molecule has 0 aliphatic heterocycles. The molecule has 0 aliphatic carbocycles. The number of nitrogens with zero attached hydrogens (tertiary/aromatic N) is 1. The number of amides is 2. The van der Waals surface area contributed by atoms with Crippen LogP contribution in [0.3, 0.4) is 0 Å². The van der Waals surface area contributed by atoms with Crippen LogP contribution in [0.15, 0.2) is 24.3 Å². The van der Waals surface area contributed by atoms with Crippen LogP contribution in [0.2, 0.25) is 5.02 Å². The molecule has 8 heteroatoms. The van der Waals surface area contributed by atoms with Crippen LogP contribution in [0.4, 0.5) is 0 Å². The van der Waals surface area contributed by atoms with Crippen LogP contribution in [0, 0.1) is 17.2 Å². The van der Waals surface area contributed by atoms with E-state index in [9.17, 15) is 14.4 Å². The number of nitrogens with one attached hydrogen (secondary N) is 2. The van der Waals surface area contributed by atoms with Crippen LogP contribution < -0.4 is 10.6 Å². The van der Waals surface area contributed by atoms with Gasteiger partial charge in [0, 0.05) is 17.1 Å². The van der Waals surface area contributed by atoms with Crippen molar-refractivity contribution in [3.8, 4) is 6.07 Å². The van der Waals surface area contributed by atoms with E-state index in [0.717, 1.165) is 0 Å². The van der Waals surface area contributed by atoms with E-state index in [0.29, 0.717) is 17.0 Å². The first-order valence-corrected chi connectivity index (χ1v) is 8.58. The minimum absolute atomic E-state index is 0.127. The predicted octanol–water partition coefficient (Wildman–Crippen LogP) is 2.06. The maximum atomic E-state index is 12.3. The maximum Gasteiger partial charge on any atom is 0.329 e. The fourth-order valence-electron chi connectivity index (χ4n) is 2.07. The number of carbonyl (C=O) groups excluding carboxylic acids is 3. The Hall–Kier alpha value is -2.59. The first-order chi connectivity index (χ1) is 12.3. The monoisotopic (exact) mass is 379 g/mol. The largest absolute Gasteiger partial charge is 0.454 e. The molecule has 0 radical (unpaired) electrons. The lowest BCUT2D eigenvalue weighted by molar-refractivity contribution is -0.150. The first-order valence-electron chi connectivity index (χ1n) is 8.20. The number of rotatable bonds is 9. The standard InChI is InChI=1S/C18H22ClN3O4/c1-12(2)10-15(18(25)26-11-16(23)21-9-3-8-20)22-17(24)13-4-6-14(19)7-5-13/h4-7,12,15H,3,9-11H2,1-2H3,(H,21,23)(H,22,24)/t15-/m1/s1. The van der Waals surface area contributed by atoms with Gasteiger partial charge >= 0.3 is 5.97 Å². The van der Waals surface area contributed by atoms with Gasteiger partial charge in [-0.25, -0.2) is 4.79 Å². The summed E-state index contributed by atoms with van der Waals surface area (Å²) in [5.74, 6) is -1.48. The third-order valence-corrected chi connectivity index (χ3v) is 3.56. The minimum Gasteiger partial charge on any atom is -0.454 e. The van der Waals surface area contributed by atoms with Crippen molar-refractivity contribution in [2.75, 3.05) is 13.2 Å². The van der Waals surface area contributed by atoms with Crippen molar-refractivity contribution in [1.29, 1.82) is 5.26 Å². The van der Waals surface area contributed by atoms with Crippen molar-refractivity contribution in [1.82, 2.24) is 10.6 Å². The van der Waals surface area contributed by atoms with Crippen LogP contribution in [0.25, 0.3) is 0 Å². The fraction of sp³-hybridized carbons (Fsp3) is 0.444. The Labute approximate surface area is 157 Å². The number of esters is 1. The van der Waals surface area contributed by atoms with Gasteiger partial charge in [-0.3, -0.25) is 9.59 Å². The summed E-state index contributed by atoms with van der Waals surface area (Å²) < 4.78 is 4.98. The van der Waals surface area contributed by atoms with Crippen LogP contribution in [0.5, 0.6) is 0 Å². The molecule has 1 aromatic rings. The molecular weight excluding hydrogens is 358 g/mol. The average molecular weight is 380 g/mol. The minimum atomic E-state index is -0.870. The molecule has 0 aromatic heterocycles. The van der Waals surface area contributed by atoms with E-state index in [1.165, 1.54) is 0 Å². The van der Waals surface area contributed by atoms with Crippen molar-refractivity contribution in [2.45, 2.75) is 32.7 Å². The Morgan fingerprint density at radius 2 is 1.88 bits per heavy atom. The molecule has 1 aromatic carbocycles. The summed E-state index contributed by atoms with van der Waals surface area (Å²) in [6.45, 7) is 3.54. The quantitative estimate of drug-likeness (QED) is 0.504. The molecule has 0 saturated carbocycles. The van der Waals surface area contributed by atoms with Gasteiger partial charge in [0.25, 0.3) is 11.8 Å². The Kier molecular flexibility index (Phi) is 9.17. The lowest BCUT2D eigenvalue weighted by Crippen LogP contribution is -2.43. The third kappa shape index (κ3) is 7.99.